The van der Waals surface area contributed by atoms with E-state index in [1.807, 2.05) is 48.5 Å². The third-order valence-electron chi connectivity index (χ3n) is 5.53. The van der Waals surface area contributed by atoms with E-state index in [0.29, 0.717) is 22.8 Å². The molecule has 0 spiro atoms. The average Bonchev–Trinajstić information content (AvgIpc) is 3.24. The van der Waals surface area contributed by atoms with Crippen LogP contribution in [0.4, 0.5) is 0 Å². The molecule has 31 heavy (non-hydrogen) atoms. The molecular weight excluding hydrogens is 480 g/mol. The number of ketones is 1. The van der Waals surface area contributed by atoms with Gasteiger partial charge in [0.2, 0.25) is 5.78 Å². The maximum absolute atomic E-state index is 13.4. The molecule has 156 valence electrons. The van der Waals surface area contributed by atoms with E-state index in [1.165, 1.54) is 0 Å². The minimum absolute atomic E-state index is 0.135. The first kappa shape index (κ1) is 20.1. The lowest BCUT2D eigenvalue weighted by Crippen LogP contribution is -2.45. The number of hydrogen-bond acceptors (Lipinski definition) is 5. The smallest absolute Gasteiger partial charge is 0.251 e. The summed E-state index contributed by atoms with van der Waals surface area (Å²) in [6.07, 6.45) is -0.205. The minimum Gasteiger partial charge on any atom is -0.497 e. The van der Waals surface area contributed by atoms with E-state index in [2.05, 4.69) is 15.9 Å². The second-order valence-electron chi connectivity index (χ2n) is 7.40. The van der Waals surface area contributed by atoms with Crippen molar-refractivity contribution in [2.24, 2.45) is 5.10 Å². The summed E-state index contributed by atoms with van der Waals surface area (Å²) in [4.78, 5) is 13.4. The number of methoxy groups -OCH3 is 1. The number of nitrogens with zero attached hydrogens (tertiary/aromatic N) is 2. The quantitative estimate of drug-likeness (QED) is 0.424. The van der Waals surface area contributed by atoms with Gasteiger partial charge in [-0.2, -0.15) is 5.10 Å². The number of carbonyl (C=O) groups is 1. The molecule has 0 bridgehead atoms. The Kier molecular flexibility index (Phi) is 5.20. The summed E-state index contributed by atoms with van der Waals surface area (Å²) >= 11 is 9.68. The molecular formula is C24H18BrClN2O3. The summed E-state index contributed by atoms with van der Waals surface area (Å²) < 4.78 is 12.3. The first-order chi connectivity index (χ1) is 15.0. The van der Waals surface area contributed by atoms with E-state index < -0.39 is 6.23 Å². The average molecular weight is 498 g/mol. The van der Waals surface area contributed by atoms with Gasteiger partial charge in [-0.15, -0.1) is 0 Å². The highest BCUT2D eigenvalue weighted by atomic mass is 79.9. The topological polar surface area (TPSA) is 51.1 Å². The molecule has 0 saturated carbocycles. The largest absolute Gasteiger partial charge is 0.497 e. The van der Waals surface area contributed by atoms with Crippen LogP contribution in [0.3, 0.4) is 0 Å². The molecule has 0 saturated heterocycles. The number of benzene rings is 3. The van der Waals surface area contributed by atoms with E-state index in [1.54, 1.807) is 30.3 Å². The summed E-state index contributed by atoms with van der Waals surface area (Å²) in [6.45, 7) is 0. The third kappa shape index (κ3) is 3.70. The van der Waals surface area contributed by atoms with Crippen molar-refractivity contribution in [2.75, 3.05) is 7.11 Å². The summed E-state index contributed by atoms with van der Waals surface area (Å²) in [5.41, 5.74) is 3.36. The van der Waals surface area contributed by atoms with Crippen LogP contribution in [0.25, 0.3) is 0 Å². The number of hydrogen-bond donors (Lipinski definition) is 0. The van der Waals surface area contributed by atoms with Gasteiger partial charge < -0.3 is 9.47 Å². The van der Waals surface area contributed by atoms with E-state index in [9.17, 15) is 4.79 Å². The first-order valence-corrected chi connectivity index (χ1v) is 11.0. The highest BCUT2D eigenvalue weighted by molar-refractivity contribution is 9.10. The molecule has 0 N–H and O–H groups in total. The monoisotopic (exact) mass is 496 g/mol. The van der Waals surface area contributed by atoms with Gasteiger partial charge in [-0.05, 0) is 60.2 Å². The van der Waals surface area contributed by atoms with Crippen molar-refractivity contribution in [1.29, 1.82) is 0 Å². The second kappa shape index (κ2) is 8.02. The molecule has 3 aromatic rings. The second-order valence-corrected chi connectivity index (χ2v) is 8.75. The van der Waals surface area contributed by atoms with Crippen LogP contribution in [0.5, 0.6) is 11.5 Å². The SMILES string of the molecule is COc1ccc(C2=NN3C(C(=O)c4ccc(Br)cc4)Oc4ccc(Cl)cc4C3C2)cc1. The van der Waals surface area contributed by atoms with E-state index >= 15 is 0 Å². The van der Waals surface area contributed by atoms with Crippen molar-refractivity contribution in [3.05, 3.63) is 92.9 Å². The summed E-state index contributed by atoms with van der Waals surface area (Å²) in [5, 5.41) is 7.21. The highest BCUT2D eigenvalue weighted by Crippen LogP contribution is 2.44. The van der Waals surface area contributed by atoms with Gasteiger partial charge in [0.05, 0.1) is 18.9 Å². The lowest BCUT2D eigenvalue weighted by Gasteiger charge is -2.37. The van der Waals surface area contributed by atoms with Gasteiger partial charge in [0, 0.05) is 27.0 Å². The van der Waals surface area contributed by atoms with E-state index in [0.717, 1.165) is 27.1 Å². The van der Waals surface area contributed by atoms with Gasteiger partial charge in [-0.3, -0.25) is 4.79 Å². The van der Waals surface area contributed by atoms with Crippen LogP contribution in [0.1, 0.15) is 33.9 Å². The molecule has 0 aromatic heterocycles. The molecule has 2 unspecified atom stereocenters. The van der Waals surface area contributed by atoms with Crippen LogP contribution in [-0.2, 0) is 0 Å². The summed E-state index contributed by atoms with van der Waals surface area (Å²) in [5.74, 6) is 1.30. The van der Waals surface area contributed by atoms with Crippen molar-refractivity contribution in [3.63, 3.8) is 0 Å². The van der Waals surface area contributed by atoms with Crippen molar-refractivity contribution in [3.8, 4) is 11.5 Å². The van der Waals surface area contributed by atoms with Gasteiger partial charge >= 0.3 is 0 Å². The van der Waals surface area contributed by atoms with Crippen LogP contribution in [0.2, 0.25) is 5.02 Å². The molecule has 2 atom stereocenters. The number of rotatable bonds is 4. The number of halogens is 2. The van der Waals surface area contributed by atoms with Crippen LogP contribution in [0, 0.1) is 0 Å². The molecule has 0 radical (unpaired) electrons. The van der Waals surface area contributed by atoms with Gasteiger partial charge in [0.1, 0.15) is 11.5 Å². The lowest BCUT2D eigenvalue weighted by molar-refractivity contribution is -0.00455. The van der Waals surface area contributed by atoms with Crippen molar-refractivity contribution < 1.29 is 14.3 Å². The molecule has 7 heteroatoms. The fourth-order valence-corrected chi connectivity index (χ4v) is 4.39. The molecule has 0 aliphatic carbocycles. The van der Waals surface area contributed by atoms with Crippen LogP contribution in [0.15, 0.2) is 76.3 Å². The van der Waals surface area contributed by atoms with Gasteiger partial charge in [0.25, 0.3) is 6.23 Å². The predicted molar refractivity (Wildman–Crippen MR) is 123 cm³/mol. The number of fused-ring (bicyclic) bond motifs is 3. The molecule has 5 rings (SSSR count). The third-order valence-corrected chi connectivity index (χ3v) is 6.29. The van der Waals surface area contributed by atoms with E-state index in [4.69, 9.17) is 26.2 Å². The molecule has 2 heterocycles. The number of hydrazone groups is 1. The van der Waals surface area contributed by atoms with Crippen LogP contribution >= 0.6 is 27.5 Å². The van der Waals surface area contributed by atoms with Crippen molar-refractivity contribution >= 4 is 39.0 Å². The molecule has 2 aliphatic heterocycles. The van der Waals surface area contributed by atoms with Crippen molar-refractivity contribution in [2.45, 2.75) is 18.7 Å². The maximum atomic E-state index is 13.4. The lowest BCUT2D eigenvalue weighted by atomic mass is 9.95. The Morgan fingerprint density at radius 2 is 1.87 bits per heavy atom. The summed E-state index contributed by atoms with van der Waals surface area (Å²) in [7, 11) is 1.64. The molecule has 2 aliphatic rings. The zero-order chi connectivity index (χ0) is 21.5. The number of carbonyl (C=O) groups excluding carboxylic acids is 1. The van der Waals surface area contributed by atoms with E-state index in [-0.39, 0.29) is 11.8 Å². The van der Waals surface area contributed by atoms with Crippen LogP contribution in [-0.4, -0.2) is 29.8 Å². The highest BCUT2D eigenvalue weighted by Gasteiger charge is 2.43. The van der Waals surface area contributed by atoms with Crippen LogP contribution < -0.4 is 9.47 Å². The normalized spacial score (nSPS) is 19.2. The molecule has 0 fully saturated rings. The van der Waals surface area contributed by atoms with Gasteiger partial charge in [-0.25, -0.2) is 5.01 Å². The summed E-state index contributed by atoms with van der Waals surface area (Å²) in [6, 6.07) is 20.4. The Hall–Kier alpha value is -2.83. The number of Topliss-reactive ketones (excluding diaryl/α,β-unsaturated/α-hetero) is 1. The van der Waals surface area contributed by atoms with Gasteiger partial charge in [-0.1, -0.05) is 39.7 Å². The predicted octanol–water partition coefficient (Wildman–Crippen LogP) is 5.86. The molecule has 5 nitrogen and oxygen atoms in total. The Morgan fingerprint density at radius 1 is 1.13 bits per heavy atom. The minimum atomic E-state index is -0.851. The molecule has 0 amide bonds. The Balaban J connectivity index is 1.55. The Labute approximate surface area is 193 Å². The fourth-order valence-electron chi connectivity index (χ4n) is 3.95. The zero-order valence-electron chi connectivity index (χ0n) is 16.6. The standard InChI is InChI=1S/C24H18BrClN2O3/c1-30-18-9-4-14(5-10-18)20-13-21-19-12-17(26)8-11-22(19)31-24(28(21)27-20)23(29)15-2-6-16(25)7-3-15/h2-12,21,24H,13H2,1H3. The van der Waals surface area contributed by atoms with Crippen molar-refractivity contribution in [1.82, 2.24) is 5.01 Å². The Bertz CT molecular complexity index is 1180. The first-order valence-electron chi connectivity index (χ1n) is 9.79. The van der Waals surface area contributed by atoms with Gasteiger partial charge in [0.15, 0.2) is 0 Å². The molecule has 3 aromatic carbocycles. The maximum Gasteiger partial charge on any atom is 0.251 e. The fraction of sp³-hybridized carbons (Fsp3) is 0.167. The Morgan fingerprint density at radius 3 is 2.58 bits per heavy atom. The zero-order valence-corrected chi connectivity index (χ0v) is 18.9. The number of ether oxygens (including phenoxy) is 2.